The number of thiol groups is 1. The minimum absolute atomic E-state index is 0.118. The molecule has 31 heavy (non-hydrogen) atoms. The van der Waals surface area contributed by atoms with E-state index in [1.54, 1.807) is 0 Å². The van der Waals surface area contributed by atoms with E-state index in [1.165, 1.54) is 16.4 Å². The fraction of sp³-hybridized carbons (Fsp3) is 0.522. The van der Waals surface area contributed by atoms with Crippen LogP contribution < -0.4 is 0 Å². The monoisotopic (exact) mass is 460 g/mol. The maximum Gasteiger partial charge on any atom is 0.355 e. The van der Waals surface area contributed by atoms with Crippen molar-refractivity contribution < 1.29 is 19.4 Å². The molecule has 2 fully saturated rings. The molecule has 0 bridgehead atoms. The fourth-order valence-corrected chi connectivity index (χ4v) is 7.11. The van der Waals surface area contributed by atoms with E-state index in [2.05, 4.69) is 41.6 Å². The van der Waals surface area contributed by atoms with Gasteiger partial charge >= 0.3 is 5.97 Å². The zero-order valence-electron chi connectivity index (χ0n) is 18.1. The van der Waals surface area contributed by atoms with Crippen molar-refractivity contribution in [2.24, 2.45) is 4.99 Å². The summed E-state index contributed by atoms with van der Waals surface area (Å²) in [7, 11) is 2.29. The van der Waals surface area contributed by atoms with E-state index >= 15 is 0 Å². The molecule has 1 saturated heterocycles. The van der Waals surface area contributed by atoms with Gasteiger partial charge in [0.25, 0.3) is 0 Å². The lowest BCUT2D eigenvalue weighted by molar-refractivity contribution is -0.0592. The molecule has 0 radical (unpaired) electrons. The van der Waals surface area contributed by atoms with Crippen molar-refractivity contribution in [3.05, 3.63) is 35.5 Å². The summed E-state index contributed by atoms with van der Waals surface area (Å²) in [5.41, 5.74) is 2.38. The molecule has 8 heteroatoms. The number of hydrogen-bond donors (Lipinski definition) is 2. The Hall–Kier alpha value is -1.61. The van der Waals surface area contributed by atoms with Crippen molar-refractivity contribution in [3.63, 3.8) is 0 Å². The Morgan fingerprint density at radius 3 is 2.84 bits per heavy atom. The number of esters is 1. The summed E-state index contributed by atoms with van der Waals surface area (Å²) in [6.45, 7) is 7.22. The van der Waals surface area contributed by atoms with Crippen molar-refractivity contribution in [2.75, 3.05) is 13.2 Å². The van der Waals surface area contributed by atoms with Crippen LogP contribution in [0.15, 0.2) is 29.3 Å². The number of ether oxygens (including phenoxy) is 2. The third-order valence-corrected chi connectivity index (χ3v) is 8.73. The minimum atomic E-state index is -0.367. The van der Waals surface area contributed by atoms with Gasteiger partial charge in [0.2, 0.25) is 0 Å². The van der Waals surface area contributed by atoms with Crippen molar-refractivity contribution >= 4 is 48.3 Å². The molecule has 166 valence electrons. The molecule has 2 aromatic rings. The summed E-state index contributed by atoms with van der Waals surface area (Å²) in [4.78, 5) is 17.3. The van der Waals surface area contributed by atoms with Crippen molar-refractivity contribution in [1.82, 2.24) is 4.57 Å². The number of carbonyl (C=O) groups is 1. The van der Waals surface area contributed by atoms with E-state index in [9.17, 15) is 9.90 Å². The molecular formula is C23H28N2O4S2. The average Bonchev–Trinajstić information content (AvgIpc) is 3.24. The van der Waals surface area contributed by atoms with E-state index in [4.69, 9.17) is 9.47 Å². The first-order valence-corrected chi connectivity index (χ1v) is 13.1. The van der Waals surface area contributed by atoms with Gasteiger partial charge in [-0.25, -0.2) is 9.79 Å². The third kappa shape index (κ3) is 3.77. The lowest BCUT2D eigenvalue weighted by Crippen LogP contribution is -2.33. The Bertz CT molecular complexity index is 1110. The molecule has 3 aliphatic rings. The lowest BCUT2D eigenvalue weighted by Gasteiger charge is -2.35. The highest BCUT2D eigenvalue weighted by Gasteiger charge is 2.52. The fourth-order valence-electron chi connectivity index (χ4n) is 4.88. The minimum Gasteiger partial charge on any atom is -0.461 e. The van der Waals surface area contributed by atoms with Crippen LogP contribution in [-0.4, -0.2) is 44.7 Å². The summed E-state index contributed by atoms with van der Waals surface area (Å²) in [5.74, 6) is 0.130. The van der Waals surface area contributed by atoms with Crippen molar-refractivity contribution in [3.8, 4) is 0 Å². The number of aliphatic hydroxyl groups is 1. The van der Waals surface area contributed by atoms with E-state index in [0.29, 0.717) is 18.2 Å². The summed E-state index contributed by atoms with van der Waals surface area (Å²) >= 11 is 0. The SMILES string of the molecule is CCOC(=O)c1cc2cc(C3CCOC(C)(C)C3)ccc2n1C1(C2=NC(O)=[SH]S2)CC1. The molecule has 5 rings (SSSR count). The predicted octanol–water partition coefficient (Wildman–Crippen LogP) is 5.15. The van der Waals surface area contributed by atoms with Crippen LogP contribution >= 0.6 is 21.2 Å². The van der Waals surface area contributed by atoms with Crippen LogP contribution in [0.3, 0.4) is 0 Å². The van der Waals surface area contributed by atoms with Crippen LogP contribution in [0.2, 0.25) is 0 Å². The number of rotatable bonds is 5. The summed E-state index contributed by atoms with van der Waals surface area (Å²) in [6, 6.07) is 8.52. The third-order valence-electron chi connectivity index (χ3n) is 6.44. The maximum atomic E-state index is 12.9. The number of carbonyl (C=O) groups excluding carboxylic acids is 1. The Morgan fingerprint density at radius 1 is 1.39 bits per heavy atom. The predicted molar refractivity (Wildman–Crippen MR) is 129 cm³/mol. The number of aromatic nitrogens is 1. The van der Waals surface area contributed by atoms with Gasteiger partial charge in [0.05, 0.1) is 17.7 Å². The van der Waals surface area contributed by atoms with Crippen LogP contribution in [0, 0.1) is 0 Å². The van der Waals surface area contributed by atoms with Crippen LogP contribution in [0.4, 0.5) is 0 Å². The number of nitrogens with zero attached hydrogens (tertiary/aromatic N) is 2. The number of aliphatic hydroxyl groups excluding tert-OH is 1. The second kappa shape index (κ2) is 7.76. The van der Waals surface area contributed by atoms with Gasteiger partial charge in [-0.2, -0.15) is 0 Å². The van der Waals surface area contributed by atoms with Crippen molar-refractivity contribution in [2.45, 2.75) is 63.5 Å². The van der Waals surface area contributed by atoms with Gasteiger partial charge in [-0.3, -0.25) is 0 Å². The first-order valence-electron chi connectivity index (χ1n) is 10.8. The Balaban J connectivity index is 1.60. The smallest absolute Gasteiger partial charge is 0.355 e. The quantitative estimate of drug-likeness (QED) is 0.279. The lowest BCUT2D eigenvalue weighted by atomic mass is 9.83. The molecule has 1 aromatic heterocycles. The average molecular weight is 461 g/mol. The molecule has 1 aliphatic carbocycles. The van der Waals surface area contributed by atoms with Gasteiger partial charge in [0.1, 0.15) is 10.7 Å². The highest BCUT2D eigenvalue weighted by Crippen LogP contribution is 2.53. The van der Waals surface area contributed by atoms with Gasteiger partial charge in [-0.15, -0.1) is 0 Å². The number of hydrogen-bond acceptors (Lipinski definition) is 5. The largest absolute Gasteiger partial charge is 0.461 e. The normalized spacial score (nSPS) is 24.3. The number of fused-ring (bicyclic) bond motifs is 1. The van der Waals surface area contributed by atoms with Gasteiger partial charge in [-0.1, -0.05) is 16.4 Å². The summed E-state index contributed by atoms with van der Waals surface area (Å²) in [5, 5.41) is 11.9. The van der Waals surface area contributed by atoms with Gasteiger partial charge in [-0.05, 0) is 86.9 Å². The molecule has 1 unspecified atom stereocenters. The van der Waals surface area contributed by atoms with E-state index in [1.807, 2.05) is 13.0 Å². The number of benzene rings is 1. The molecule has 3 heterocycles. The van der Waals surface area contributed by atoms with Crippen LogP contribution in [0.25, 0.3) is 10.9 Å². The maximum absolute atomic E-state index is 12.9. The molecular weight excluding hydrogens is 432 g/mol. The highest BCUT2D eigenvalue weighted by molar-refractivity contribution is 8.81. The molecule has 1 aromatic carbocycles. The zero-order chi connectivity index (χ0) is 21.8. The first-order chi connectivity index (χ1) is 14.8. The topological polar surface area (TPSA) is 73.0 Å². The van der Waals surface area contributed by atoms with Gasteiger partial charge in [0, 0.05) is 17.5 Å². The van der Waals surface area contributed by atoms with Crippen molar-refractivity contribution in [1.29, 1.82) is 0 Å². The second-order valence-corrected chi connectivity index (χ2v) is 11.4. The highest BCUT2D eigenvalue weighted by atomic mass is 33.1. The Labute approximate surface area is 189 Å². The molecule has 0 spiro atoms. The molecule has 1 saturated carbocycles. The van der Waals surface area contributed by atoms with Gasteiger partial charge in [0.15, 0.2) is 5.17 Å². The molecule has 2 aliphatic heterocycles. The van der Waals surface area contributed by atoms with E-state index < -0.39 is 0 Å². The standard InChI is InChI=1S/C23H28N2O4S2/c1-4-28-19(26)18-12-16-11-14(15-7-10-29-22(2,3)13-15)5-6-17(16)25(18)23(8-9-23)20-24-21(27)31-30-20/h5-6,11-12,15,27,31H,4,7-10,13H2,1-3H3. The molecule has 6 nitrogen and oxygen atoms in total. The Morgan fingerprint density at radius 2 is 2.19 bits per heavy atom. The summed E-state index contributed by atoms with van der Waals surface area (Å²) in [6.07, 6.45) is 3.78. The van der Waals surface area contributed by atoms with E-state index in [-0.39, 0.29) is 22.3 Å². The van der Waals surface area contributed by atoms with Crippen LogP contribution in [0.1, 0.15) is 68.4 Å². The van der Waals surface area contributed by atoms with Crippen LogP contribution in [-0.2, 0) is 15.0 Å². The van der Waals surface area contributed by atoms with Gasteiger partial charge < -0.3 is 19.1 Å². The van der Waals surface area contributed by atoms with E-state index in [0.717, 1.165) is 58.6 Å². The van der Waals surface area contributed by atoms with Crippen LogP contribution in [0.5, 0.6) is 0 Å². The number of aliphatic imine (C=N–C) groups is 1. The molecule has 1 atom stereocenters. The molecule has 0 amide bonds. The Kier molecular flexibility index (Phi) is 5.32. The summed E-state index contributed by atoms with van der Waals surface area (Å²) < 4.78 is 13.4. The second-order valence-electron chi connectivity index (χ2n) is 9.13. The first kappa shape index (κ1) is 21.2. The zero-order valence-corrected chi connectivity index (χ0v) is 19.8. The molecule has 1 N–H and O–H groups in total.